The average molecular weight is 304 g/mol. The van der Waals surface area contributed by atoms with E-state index in [0.29, 0.717) is 0 Å². The standard InChI is InChI=1S/C19H16N2O2/c1-22-12-7-8-17(23-2)15(11-12)18-19-14(9-10-20-18)13-5-3-4-6-16(13)21-19/h3-11,21H,1-2H3. The molecule has 2 aromatic carbocycles. The minimum Gasteiger partial charge on any atom is -0.497 e. The lowest BCUT2D eigenvalue weighted by molar-refractivity contribution is 0.404. The molecule has 0 aliphatic rings. The van der Waals surface area contributed by atoms with Gasteiger partial charge in [-0.1, -0.05) is 18.2 Å². The minimum atomic E-state index is 0.768. The summed E-state index contributed by atoms with van der Waals surface area (Å²) in [5, 5.41) is 2.34. The molecular weight excluding hydrogens is 288 g/mol. The lowest BCUT2D eigenvalue weighted by Gasteiger charge is -2.10. The van der Waals surface area contributed by atoms with E-state index in [9.17, 15) is 0 Å². The summed E-state index contributed by atoms with van der Waals surface area (Å²) in [4.78, 5) is 8.06. The fourth-order valence-electron chi connectivity index (χ4n) is 2.98. The topological polar surface area (TPSA) is 47.1 Å². The highest BCUT2D eigenvalue weighted by Gasteiger charge is 2.15. The number of pyridine rings is 1. The number of nitrogens with zero attached hydrogens (tertiary/aromatic N) is 1. The van der Waals surface area contributed by atoms with E-state index < -0.39 is 0 Å². The molecule has 0 unspecified atom stereocenters. The molecule has 1 N–H and O–H groups in total. The van der Waals surface area contributed by atoms with Crippen LogP contribution in [0.15, 0.2) is 54.7 Å². The van der Waals surface area contributed by atoms with Crippen LogP contribution in [0.4, 0.5) is 0 Å². The number of hydrogen-bond acceptors (Lipinski definition) is 3. The molecule has 0 bridgehead atoms. The molecule has 0 spiro atoms. The molecule has 4 rings (SSSR count). The summed E-state index contributed by atoms with van der Waals surface area (Å²) in [5.41, 5.74) is 3.86. The molecule has 0 saturated carbocycles. The molecule has 0 atom stereocenters. The van der Waals surface area contributed by atoms with Crippen molar-refractivity contribution in [1.29, 1.82) is 0 Å². The molecule has 0 aliphatic carbocycles. The van der Waals surface area contributed by atoms with Crippen LogP contribution in [0, 0.1) is 0 Å². The summed E-state index contributed by atoms with van der Waals surface area (Å²) >= 11 is 0. The number of rotatable bonds is 3. The number of nitrogens with one attached hydrogen (secondary N) is 1. The van der Waals surface area contributed by atoms with Gasteiger partial charge in [-0.05, 0) is 30.3 Å². The number of aromatic amines is 1. The van der Waals surface area contributed by atoms with Gasteiger partial charge in [-0.15, -0.1) is 0 Å². The third-order valence-corrected chi connectivity index (χ3v) is 4.09. The highest BCUT2D eigenvalue weighted by molar-refractivity contribution is 6.11. The van der Waals surface area contributed by atoms with Crippen molar-refractivity contribution < 1.29 is 9.47 Å². The van der Waals surface area contributed by atoms with Crippen LogP contribution in [0.1, 0.15) is 0 Å². The first-order valence-corrected chi connectivity index (χ1v) is 7.39. The van der Waals surface area contributed by atoms with Crippen molar-refractivity contribution in [2.24, 2.45) is 0 Å². The second-order valence-corrected chi connectivity index (χ2v) is 5.32. The zero-order valence-corrected chi connectivity index (χ0v) is 13.0. The van der Waals surface area contributed by atoms with E-state index in [1.165, 1.54) is 5.39 Å². The number of hydrogen-bond donors (Lipinski definition) is 1. The summed E-state index contributed by atoms with van der Waals surface area (Å²) < 4.78 is 10.9. The van der Waals surface area contributed by atoms with Crippen LogP contribution in [-0.4, -0.2) is 24.2 Å². The Bertz CT molecular complexity index is 1000. The summed E-state index contributed by atoms with van der Waals surface area (Å²) in [6.45, 7) is 0. The third-order valence-electron chi connectivity index (χ3n) is 4.09. The number of fused-ring (bicyclic) bond motifs is 3. The van der Waals surface area contributed by atoms with E-state index in [4.69, 9.17) is 9.47 Å². The summed E-state index contributed by atoms with van der Waals surface area (Å²) in [6, 6.07) is 16.0. The Labute approximate surface area is 133 Å². The van der Waals surface area contributed by atoms with Gasteiger partial charge >= 0.3 is 0 Å². The van der Waals surface area contributed by atoms with E-state index in [0.717, 1.165) is 39.2 Å². The maximum atomic E-state index is 5.51. The van der Waals surface area contributed by atoms with Crippen molar-refractivity contribution in [1.82, 2.24) is 9.97 Å². The lowest BCUT2D eigenvalue weighted by atomic mass is 10.1. The number of methoxy groups -OCH3 is 2. The smallest absolute Gasteiger partial charge is 0.128 e. The second kappa shape index (κ2) is 5.32. The monoisotopic (exact) mass is 304 g/mol. The molecule has 0 saturated heterocycles. The predicted molar refractivity (Wildman–Crippen MR) is 92.1 cm³/mol. The normalized spacial score (nSPS) is 11.0. The van der Waals surface area contributed by atoms with Crippen LogP contribution in [0.25, 0.3) is 33.1 Å². The zero-order chi connectivity index (χ0) is 15.8. The zero-order valence-electron chi connectivity index (χ0n) is 13.0. The number of benzene rings is 2. The molecule has 2 aromatic heterocycles. The minimum absolute atomic E-state index is 0.768. The van der Waals surface area contributed by atoms with Crippen LogP contribution < -0.4 is 9.47 Å². The van der Waals surface area contributed by atoms with E-state index in [-0.39, 0.29) is 0 Å². The SMILES string of the molecule is COc1ccc(OC)c(-c2nccc3c2[nH]c2ccccc23)c1. The van der Waals surface area contributed by atoms with Gasteiger partial charge in [-0.3, -0.25) is 4.98 Å². The molecule has 0 radical (unpaired) electrons. The van der Waals surface area contributed by atoms with Gasteiger partial charge in [0.2, 0.25) is 0 Å². The van der Waals surface area contributed by atoms with Crippen molar-refractivity contribution >= 4 is 21.8 Å². The largest absolute Gasteiger partial charge is 0.497 e. The van der Waals surface area contributed by atoms with Crippen LogP contribution in [0.2, 0.25) is 0 Å². The van der Waals surface area contributed by atoms with E-state index in [1.54, 1.807) is 14.2 Å². The Kier molecular flexibility index (Phi) is 3.15. The van der Waals surface area contributed by atoms with Crippen molar-refractivity contribution in [2.45, 2.75) is 0 Å². The van der Waals surface area contributed by atoms with Gasteiger partial charge in [0.25, 0.3) is 0 Å². The Morgan fingerprint density at radius 1 is 0.913 bits per heavy atom. The molecule has 23 heavy (non-hydrogen) atoms. The molecule has 4 aromatic rings. The molecule has 4 nitrogen and oxygen atoms in total. The first kappa shape index (κ1) is 13.6. The van der Waals surface area contributed by atoms with E-state index in [2.05, 4.69) is 22.1 Å². The van der Waals surface area contributed by atoms with Crippen LogP contribution in [-0.2, 0) is 0 Å². The highest BCUT2D eigenvalue weighted by atomic mass is 16.5. The Morgan fingerprint density at radius 2 is 1.78 bits per heavy atom. The summed E-state index contributed by atoms with van der Waals surface area (Å²) in [7, 11) is 3.32. The molecule has 0 amide bonds. The molecule has 0 fully saturated rings. The van der Waals surface area contributed by atoms with Crippen molar-refractivity contribution in [3.63, 3.8) is 0 Å². The first-order valence-electron chi connectivity index (χ1n) is 7.39. The summed E-state index contributed by atoms with van der Waals surface area (Å²) in [6.07, 6.45) is 1.83. The fraction of sp³-hybridized carbons (Fsp3) is 0.105. The lowest BCUT2D eigenvalue weighted by Crippen LogP contribution is -1.93. The van der Waals surface area contributed by atoms with Crippen molar-refractivity contribution in [3.05, 3.63) is 54.7 Å². The number of aromatic nitrogens is 2. The molecule has 4 heteroatoms. The quantitative estimate of drug-likeness (QED) is 0.610. The molecule has 0 aliphatic heterocycles. The van der Waals surface area contributed by atoms with Gasteiger partial charge in [0.1, 0.15) is 11.5 Å². The average Bonchev–Trinajstić information content (AvgIpc) is 3.00. The first-order chi connectivity index (χ1) is 11.3. The number of H-pyrrole nitrogens is 1. The molecular formula is C19H16N2O2. The number of para-hydroxylation sites is 1. The van der Waals surface area contributed by atoms with Crippen LogP contribution >= 0.6 is 0 Å². The number of ether oxygens (including phenoxy) is 2. The van der Waals surface area contributed by atoms with E-state index >= 15 is 0 Å². The van der Waals surface area contributed by atoms with Crippen molar-refractivity contribution in [2.75, 3.05) is 14.2 Å². The van der Waals surface area contributed by atoms with Gasteiger partial charge < -0.3 is 14.5 Å². The van der Waals surface area contributed by atoms with Gasteiger partial charge in [-0.2, -0.15) is 0 Å². The third kappa shape index (κ3) is 2.11. The molecule has 2 heterocycles. The summed E-state index contributed by atoms with van der Waals surface area (Å²) in [5.74, 6) is 1.54. The highest BCUT2D eigenvalue weighted by Crippen LogP contribution is 2.37. The maximum Gasteiger partial charge on any atom is 0.128 e. The molecule has 114 valence electrons. The Morgan fingerprint density at radius 3 is 2.61 bits per heavy atom. The predicted octanol–water partition coefficient (Wildman–Crippen LogP) is 4.40. The van der Waals surface area contributed by atoms with Crippen LogP contribution in [0.3, 0.4) is 0 Å². The fourth-order valence-corrected chi connectivity index (χ4v) is 2.98. The second-order valence-electron chi connectivity index (χ2n) is 5.32. The van der Waals surface area contributed by atoms with Gasteiger partial charge in [0.05, 0.1) is 25.4 Å². The van der Waals surface area contributed by atoms with Gasteiger partial charge in [-0.25, -0.2) is 0 Å². The van der Waals surface area contributed by atoms with E-state index in [1.807, 2.05) is 42.6 Å². The van der Waals surface area contributed by atoms with Gasteiger partial charge in [0, 0.05) is 28.0 Å². The maximum absolute atomic E-state index is 5.51. The Hall–Kier alpha value is -3.01. The van der Waals surface area contributed by atoms with Crippen LogP contribution in [0.5, 0.6) is 11.5 Å². The van der Waals surface area contributed by atoms with Crippen molar-refractivity contribution in [3.8, 4) is 22.8 Å². The Balaban J connectivity index is 2.06. The van der Waals surface area contributed by atoms with Gasteiger partial charge in [0.15, 0.2) is 0 Å².